The van der Waals surface area contributed by atoms with Crippen molar-refractivity contribution in [1.29, 1.82) is 0 Å². The van der Waals surface area contributed by atoms with Crippen LogP contribution in [0.2, 0.25) is 0 Å². The number of halogens is 1. The monoisotopic (exact) mass is 313 g/mol. The number of aryl methyl sites for hydroxylation is 1. The summed E-state index contributed by atoms with van der Waals surface area (Å²) in [6, 6.07) is 6.56. The first kappa shape index (κ1) is 12.9. The summed E-state index contributed by atoms with van der Waals surface area (Å²) in [4.78, 5) is 1.31. The predicted octanol–water partition coefficient (Wildman–Crippen LogP) is 4.36. The summed E-state index contributed by atoms with van der Waals surface area (Å²) in [5, 5.41) is 3.52. The highest BCUT2D eigenvalue weighted by atomic mass is 79.9. The minimum atomic E-state index is 0.241. The SMILES string of the molecule is CCNC(c1ccc(Br)s1)c1ccoc1CC. The van der Waals surface area contributed by atoms with Gasteiger partial charge in [-0.25, -0.2) is 0 Å². The minimum absolute atomic E-state index is 0.241. The third kappa shape index (κ3) is 2.81. The molecular weight excluding hydrogens is 298 g/mol. The number of thiophene rings is 1. The Balaban J connectivity index is 2.35. The van der Waals surface area contributed by atoms with Gasteiger partial charge in [0, 0.05) is 16.9 Å². The van der Waals surface area contributed by atoms with Gasteiger partial charge >= 0.3 is 0 Å². The molecule has 0 spiro atoms. The molecule has 2 nitrogen and oxygen atoms in total. The molecular formula is C13H16BrNOS. The number of hydrogen-bond donors (Lipinski definition) is 1. The van der Waals surface area contributed by atoms with Gasteiger partial charge in [0.05, 0.1) is 16.1 Å². The third-order valence-electron chi connectivity index (χ3n) is 2.70. The molecule has 0 saturated heterocycles. The van der Waals surface area contributed by atoms with Gasteiger partial charge in [-0.15, -0.1) is 11.3 Å². The van der Waals surface area contributed by atoms with Crippen molar-refractivity contribution in [1.82, 2.24) is 5.32 Å². The average molecular weight is 314 g/mol. The molecule has 0 aliphatic rings. The standard InChI is InChI=1S/C13H16BrNOS/c1-3-10-9(7-8-16-10)13(15-4-2)11-5-6-12(14)17-11/h5-8,13,15H,3-4H2,1-2H3. The highest BCUT2D eigenvalue weighted by molar-refractivity contribution is 9.11. The molecule has 1 N–H and O–H groups in total. The molecule has 1 unspecified atom stereocenters. The van der Waals surface area contributed by atoms with Crippen LogP contribution in [0.25, 0.3) is 0 Å². The largest absolute Gasteiger partial charge is 0.469 e. The van der Waals surface area contributed by atoms with Crippen LogP contribution in [0, 0.1) is 0 Å². The van der Waals surface area contributed by atoms with Crippen molar-refractivity contribution in [3.63, 3.8) is 0 Å². The number of furan rings is 1. The van der Waals surface area contributed by atoms with Gasteiger partial charge in [-0.1, -0.05) is 13.8 Å². The molecule has 0 aromatic carbocycles. The Morgan fingerprint density at radius 2 is 2.18 bits per heavy atom. The van der Waals surface area contributed by atoms with E-state index in [4.69, 9.17) is 4.42 Å². The lowest BCUT2D eigenvalue weighted by Crippen LogP contribution is -2.21. The van der Waals surface area contributed by atoms with Gasteiger partial charge in [0.15, 0.2) is 0 Å². The van der Waals surface area contributed by atoms with E-state index in [2.05, 4.69) is 53.3 Å². The lowest BCUT2D eigenvalue weighted by Gasteiger charge is -2.16. The fourth-order valence-electron chi connectivity index (χ4n) is 1.95. The number of hydrogen-bond acceptors (Lipinski definition) is 3. The summed E-state index contributed by atoms with van der Waals surface area (Å²) < 4.78 is 6.69. The van der Waals surface area contributed by atoms with E-state index >= 15 is 0 Å². The lowest BCUT2D eigenvalue weighted by atomic mass is 10.0. The van der Waals surface area contributed by atoms with Crippen LogP contribution in [0.3, 0.4) is 0 Å². The molecule has 0 amide bonds. The van der Waals surface area contributed by atoms with Crippen molar-refractivity contribution in [3.8, 4) is 0 Å². The summed E-state index contributed by atoms with van der Waals surface area (Å²) in [7, 11) is 0. The Labute approximate surface area is 114 Å². The maximum absolute atomic E-state index is 5.52. The first-order valence-electron chi connectivity index (χ1n) is 5.81. The van der Waals surface area contributed by atoms with Crippen molar-refractivity contribution in [2.24, 2.45) is 0 Å². The molecule has 0 radical (unpaired) electrons. The maximum Gasteiger partial charge on any atom is 0.108 e. The van der Waals surface area contributed by atoms with E-state index in [0.717, 1.165) is 22.5 Å². The summed E-state index contributed by atoms with van der Waals surface area (Å²) in [6.45, 7) is 5.19. The first-order valence-corrected chi connectivity index (χ1v) is 7.42. The second-order valence-corrected chi connectivity index (χ2v) is 6.28. The van der Waals surface area contributed by atoms with Crippen molar-refractivity contribution in [2.45, 2.75) is 26.3 Å². The van der Waals surface area contributed by atoms with E-state index in [9.17, 15) is 0 Å². The Hall–Kier alpha value is -0.580. The van der Waals surface area contributed by atoms with Crippen LogP contribution in [-0.4, -0.2) is 6.54 Å². The normalized spacial score (nSPS) is 12.9. The van der Waals surface area contributed by atoms with E-state index in [0.29, 0.717) is 0 Å². The predicted molar refractivity (Wildman–Crippen MR) is 75.6 cm³/mol. The van der Waals surface area contributed by atoms with Crippen molar-refractivity contribution in [2.75, 3.05) is 6.54 Å². The second-order valence-electron chi connectivity index (χ2n) is 3.79. The fourth-order valence-corrected chi connectivity index (χ4v) is 3.46. The van der Waals surface area contributed by atoms with Crippen LogP contribution in [0.5, 0.6) is 0 Å². The second kappa shape index (κ2) is 5.85. The Kier molecular flexibility index (Phi) is 4.42. The van der Waals surface area contributed by atoms with Crippen molar-refractivity contribution in [3.05, 3.63) is 44.4 Å². The van der Waals surface area contributed by atoms with Crippen molar-refractivity contribution < 1.29 is 4.42 Å². The van der Waals surface area contributed by atoms with E-state index in [1.807, 2.05) is 0 Å². The van der Waals surface area contributed by atoms with E-state index in [1.165, 1.54) is 10.4 Å². The van der Waals surface area contributed by atoms with Gasteiger partial charge in [0.25, 0.3) is 0 Å². The maximum atomic E-state index is 5.52. The lowest BCUT2D eigenvalue weighted by molar-refractivity contribution is 0.503. The van der Waals surface area contributed by atoms with Crippen LogP contribution in [0.15, 0.2) is 32.7 Å². The molecule has 0 saturated carbocycles. The smallest absolute Gasteiger partial charge is 0.108 e. The molecule has 92 valence electrons. The van der Waals surface area contributed by atoms with Gasteiger partial charge in [-0.3, -0.25) is 0 Å². The van der Waals surface area contributed by atoms with Gasteiger partial charge in [-0.2, -0.15) is 0 Å². The van der Waals surface area contributed by atoms with Crippen LogP contribution in [-0.2, 0) is 6.42 Å². The van der Waals surface area contributed by atoms with Crippen LogP contribution in [0.1, 0.15) is 36.1 Å². The van der Waals surface area contributed by atoms with E-state index in [-0.39, 0.29) is 6.04 Å². The van der Waals surface area contributed by atoms with E-state index in [1.54, 1.807) is 17.6 Å². The zero-order chi connectivity index (χ0) is 12.3. The fraction of sp³-hybridized carbons (Fsp3) is 0.385. The molecule has 0 aliphatic heterocycles. The summed E-state index contributed by atoms with van der Waals surface area (Å²) in [5.41, 5.74) is 1.25. The molecule has 0 aliphatic carbocycles. The molecule has 2 rings (SSSR count). The topological polar surface area (TPSA) is 25.2 Å². The highest BCUT2D eigenvalue weighted by Crippen LogP contribution is 2.33. The molecule has 1 atom stereocenters. The molecule has 17 heavy (non-hydrogen) atoms. The number of nitrogens with one attached hydrogen (secondary N) is 1. The first-order chi connectivity index (χ1) is 8.26. The average Bonchev–Trinajstić information content (AvgIpc) is 2.94. The van der Waals surface area contributed by atoms with Crippen molar-refractivity contribution >= 4 is 27.3 Å². The Morgan fingerprint density at radius 1 is 1.35 bits per heavy atom. The molecule has 2 heterocycles. The van der Waals surface area contributed by atoms with Crippen LogP contribution in [0.4, 0.5) is 0 Å². The van der Waals surface area contributed by atoms with Crippen LogP contribution < -0.4 is 5.32 Å². The molecule has 4 heteroatoms. The number of rotatable bonds is 5. The van der Waals surface area contributed by atoms with Gasteiger partial charge < -0.3 is 9.73 Å². The summed E-state index contributed by atoms with van der Waals surface area (Å²) >= 11 is 5.28. The minimum Gasteiger partial charge on any atom is -0.469 e. The Morgan fingerprint density at radius 3 is 2.76 bits per heavy atom. The molecule has 2 aromatic rings. The summed E-state index contributed by atoms with van der Waals surface area (Å²) in [5.74, 6) is 1.07. The molecule has 2 aromatic heterocycles. The Bertz CT molecular complexity index is 477. The summed E-state index contributed by atoms with van der Waals surface area (Å²) in [6.07, 6.45) is 2.71. The van der Waals surface area contributed by atoms with Gasteiger partial charge in [-0.05, 0) is 40.7 Å². The quantitative estimate of drug-likeness (QED) is 0.887. The van der Waals surface area contributed by atoms with E-state index < -0.39 is 0 Å². The van der Waals surface area contributed by atoms with Gasteiger partial charge in [0.1, 0.15) is 5.76 Å². The molecule has 0 bridgehead atoms. The zero-order valence-corrected chi connectivity index (χ0v) is 12.4. The molecule has 0 fully saturated rings. The van der Waals surface area contributed by atoms with Crippen LogP contribution >= 0.6 is 27.3 Å². The van der Waals surface area contributed by atoms with Gasteiger partial charge in [0.2, 0.25) is 0 Å². The highest BCUT2D eigenvalue weighted by Gasteiger charge is 2.19. The zero-order valence-electron chi connectivity index (χ0n) is 10.00. The third-order valence-corrected chi connectivity index (χ3v) is 4.39.